The maximum absolute atomic E-state index is 12.2. The molecule has 0 spiro atoms. The molecule has 0 saturated carbocycles. The summed E-state index contributed by atoms with van der Waals surface area (Å²) < 4.78 is 10.3. The molecule has 2 rings (SSSR count). The van der Waals surface area contributed by atoms with Crippen LogP contribution in [0, 0.1) is 0 Å². The minimum atomic E-state index is -0.612. The van der Waals surface area contributed by atoms with Gasteiger partial charge in [0.1, 0.15) is 11.4 Å². The van der Waals surface area contributed by atoms with Crippen molar-refractivity contribution in [1.29, 1.82) is 0 Å². The first-order chi connectivity index (χ1) is 14.2. The van der Waals surface area contributed by atoms with E-state index in [1.807, 2.05) is 6.07 Å². The molecule has 30 heavy (non-hydrogen) atoms. The summed E-state index contributed by atoms with van der Waals surface area (Å²) in [5.41, 5.74) is 0.471. The number of para-hydroxylation sites is 1. The van der Waals surface area contributed by atoms with E-state index in [2.05, 4.69) is 16.0 Å². The van der Waals surface area contributed by atoms with E-state index in [4.69, 9.17) is 9.47 Å². The molecule has 8 heteroatoms. The smallest absolute Gasteiger partial charge is 0.417 e. The van der Waals surface area contributed by atoms with Crippen LogP contribution in [0.1, 0.15) is 31.1 Å². The van der Waals surface area contributed by atoms with E-state index in [0.29, 0.717) is 30.1 Å². The predicted molar refractivity (Wildman–Crippen MR) is 114 cm³/mol. The number of anilines is 1. The highest BCUT2D eigenvalue weighted by atomic mass is 16.6. The Morgan fingerprint density at radius 2 is 1.53 bits per heavy atom. The third kappa shape index (κ3) is 8.74. The quantitative estimate of drug-likeness (QED) is 0.451. The molecule has 2 aromatic carbocycles. The Bertz CT molecular complexity index is 845. The fourth-order valence-electron chi connectivity index (χ4n) is 2.35. The standard InChI is InChI=1S/C22H27N3O5/c1-22(2,3)30-20(27)24-14-13-23-15-19(26)16-9-11-17(12-10-16)25-21(28)29-18-7-5-4-6-8-18/h4-12,23H,13-15H2,1-3H3,(H,24,27)(H,25,28). The largest absolute Gasteiger partial charge is 0.444 e. The van der Waals surface area contributed by atoms with E-state index in [1.54, 1.807) is 69.3 Å². The van der Waals surface area contributed by atoms with Crippen molar-refractivity contribution in [3.05, 3.63) is 60.2 Å². The van der Waals surface area contributed by atoms with Gasteiger partial charge in [0.05, 0.1) is 6.54 Å². The minimum Gasteiger partial charge on any atom is -0.444 e. The Hall–Kier alpha value is -3.39. The predicted octanol–water partition coefficient (Wildman–Crippen LogP) is 3.59. The van der Waals surface area contributed by atoms with Crippen LogP contribution in [0.5, 0.6) is 5.75 Å². The Morgan fingerprint density at radius 1 is 0.867 bits per heavy atom. The normalized spacial score (nSPS) is 10.8. The van der Waals surface area contributed by atoms with Crippen LogP contribution in [-0.2, 0) is 4.74 Å². The molecule has 2 aromatic rings. The number of carbonyl (C=O) groups excluding carboxylic acids is 3. The van der Waals surface area contributed by atoms with Gasteiger partial charge >= 0.3 is 12.2 Å². The number of Topliss-reactive ketones (excluding diaryl/α,β-unsaturated/α-hetero) is 1. The zero-order chi connectivity index (χ0) is 22.0. The highest BCUT2D eigenvalue weighted by Crippen LogP contribution is 2.13. The summed E-state index contributed by atoms with van der Waals surface area (Å²) in [5.74, 6) is 0.333. The zero-order valence-electron chi connectivity index (χ0n) is 17.4. The summed E-state index contributed by atoms with van der Waals surface area (Å²) in [6, 6.07) is 15.2. The number of alkyl carbamates (subject to hydrolysis) is 1. The van der Waals surface area contributed by atoms with Crippen LogP contribution in [0.3, 0.4) is 0 Å². The maximum atomic E-state index is 12.2. The summed E-state index contributed by atoms with van der Waals surface area (Å²) in [4.78, 5) is 35.6. The molecule has 8 nitrogen and oxygen atoms in total. The highest BCUT2D eigenvalue weighted by Gasteiger charge is 2.15. The second kappa shape index (κ2) is 11.0. The van der Waals surface area contributed by atoms with Gasteiger partial charge in [0.25, 0.3) is 0 Å². The van der Waals surface area contributed by atoms with Gasteiger partial charge in [-0.05, 0) is 57.2 Å². The second-order valence-electron chi connectivity index (χ2n) is 7.43. The molecular formula is C22H27N3O5. The second-order valence-corrected chi connectivity index (χ2v) is 7.43. The highest BCUT2D eigenvalue weighted by molar-refractivity contribution is 5.98. The van der Waals surface area contributed by atoms with Crippen molar-refractivity contribution in [3.63, 3.8) is 0 Å². The van der Waals surface area contributed by atoms with E-state index in [-0.39, 0.29) is 12.3 Å². The van der Waals surface area contributed by atoms with Gasteiger partial charge in [-0.1, -0.05) is 18.2 Å². The average molecular weight is 413 g/mol. The van der Waals surface area contributed by atoms with Crippen molar-refractivity contribution < 1.29 is 23.9 Å². The average Bonchev–Trinajstić information content (AvgIpc) is 2.67. The van der Waals surface area contributed by atoms with Crippen LogP contribution in [0.15, 0.2) is 54.6 Å². The molecular weight excluding hydrogens is 386 g/mol. The minimum absolute atomic E-state index is 0.106. The molecule has 0 saturated heterocycles. The van der Waals surface area contributed by atoms with Crippen LogP contribution in [0.2, 0.25) is 0 Å². The molecule has 2 amide bonds. The van der Waals surface area contributed by atoms with Crippen molar-refractivity contribution >= 4 is 23.7 Å². The third-order valence-electron chi connectivity index (χ3n) is 3.66. The van der Waals surface area contributed by atoms with Gasteiger partial charge in [-0.3, -0.25) is 10.1 Å². The van der Waals surface area contributed by atoms with Crippen LogP contribution in [0.25, 0.3) is 0 Å². The molecule has 0 unspecified atom stereocenters. The molecule has 0 aliphatic heterocycles. The fraction of sp³-hybridized carbons (Fsp3) is 0.318. The molecule has 0 heterocycles. The molecule has 0 atom stereocenters. The number of carbonyl (C=O) groups is 3. The number of hydrogen-bond acceptors (Lipinski definition) is 6. The Morgan fingerprint density at radius 3 is 2.17 bits per heavy atom. The monoisotopic (exact) mass is 413 g/mol. The molecule has 0 bridgehead atoms. The molecule has 0 aliphatic carbocycles. The summed E-state index contributed by atoms with van der Waals surface area (Å²) in [6.07, 6.45) is -1.11. The fourth-order valence-corrected chi connectivity index (χ4v) is 2.35. The van der Waals surface area contributed by atoms with Crippen LogP contribution < -0.4 is 20.7 Å². The van der Waals surface area contributed by atoms with Crippen molar-refractivity contribution in [2.45, 2.75) is 26.4 Å². The van der Waals surface area contributed by atoms with Gasteiger partial charge in [0, 0.05) is 24.3 Å². The Kier molecular flexibility index (Phi) is 8.37. The van der Waals surface area contributed by atoms with Gasteiger partial charge in [0.2, 0.25) is 0 Å². The summed E-state index contributed by atoms with van der Waals surface area (Å²) in [7, 11) is 0. The summed E-state index contributed by atoms with van der Waals surface area (Å²) in [6.45, 7) is 6.26. The van der Waals surface area contributed by atoms with E-state index < -0.39 is 17.8 Å². The first kappa shape index (κ1) is 22.9. The van der Waals surface area contributed by atoms with Gasteiger partial charge in [-0.2, -0.15) is 0 Å². The number of rotatable bonds is 8. The molecule has 0 fully saturated rings. The number of amides is 2. The van der Waals surface area contributed by atoms with E-state index >= 15 is 0 Å². The van der Waals surface area contributed by atoms with Crippen molar-refractivity contribution in [2.24, 2.45) is 0 Å². The number of hydrogen-bond donors (Lipinski definition) is 3. The van der Waals surface area contributed by atoms with Crippen molar-refractivity contribution in [2.75, 3.05) is 25.0 Å². The van der Waals surface area contributed by atoms with Crippen LogP contribution >= 0.6 is 0 Å². The number of ether oxygens (including phenoxy) is 2. The molecule has 0 radical (unpaired) electrons. The SMILES string of the molecule is CC(C)(C)OC(=O)NCCNCC(=O)c1ccc(NC(=O)Oc2ccccc2)cc1. The summed E-state index contributed by atoms with van der Waals surface area (Å²) in [5, 5.41) is 8.18. The first-order valence-corrected chi connectivity index (χ1v) is 9.58. The van der Waals surface area contributed by atoms with Gasteiger partial charge in [0.15, 0.2) is 5.78 Å². The number of ketones is 1. The van der Waals surface area contributed by atoms with Crippen LogP contribution in [-0.4, -0.2) is 43.2 Å². The lowest BCUT2D eigenvalue weighted by molar-refractivity contribution is 0.0528. The van der Waals surface area contributed by atoms with Gasteiger partial charge in [-0.15, -0.1) is 0 Å². The molecule has 160 valence electrons. The zero-order valence-corrected chi connectivity index (χ0v) is 17.4. The topological polar surface area (TPSA) is 106 Å². The third-order valence-corrected chi connectivity index (χ3v) is 3.66. The van der Waals surface area contributed by atoms with Crippen LogP contribution in [0.4, 0.5) is 15.3 Å². The molecule has 0 aliphatic rings. The molecule has 0 aromatic heterocycles. The number of benzene rings is 2. The maximum Gasteiger partial charge on any atom is 0.417 e. The molecule has 3 N–H and O–H groups in total. The summed E-state index contributed by atoms with van der Waals surface area (Å²) >= 11 is 0. The lowest BCUT2D eigenvalue weighted by Gasteiger charge is -2.19. The van der Waals surface area contributed by atoms with Gasteiger partial charge in [-0.25, -0.2) is 9.59 Å². The van der Waals surface area contributed by atoms with E-state index in [1.165, 1.54) is 0 Å². The first-order valence-electron chi connectivity index (χ1n) is 9.58. The van der Waals surface area contributed by atoms with E-state index in [9.17, 15) is 14.4 Å². The lowest BCUT2D eigenvalue weighted by atomic mass is 10.1. The van der Waals surface area contributed by atoms with E-state index in [0.717, 1.165) is 0 Å². The van der Waals surface area contributed by atoms with Crippen molar-refractivity contribution in [3.8, 4) is 5.75 Å². The lowest BCUT2D eigenvalue weighted by Crippen LogP contribution is -2.37. The van der Waals surface area contributed by atoms with Gasteiger partial charge < -0.3 is 20.1 Å². The number of nitrogens with one attached hydrogen (secondary N) is 3. The van der Waals surface area contributed by atoms with Crippen molar-refractivity contribution in [1.82, 2.24) is 10.6 Å². The Labute approximate surface area is 175 Å². The Balaban J connectivity index is 1.69.